The Bertz CT molecular complexity index is 607. The normalized spacial score (nSPS) is 22.8. The van der Waals surface area contributed by atoms with Crippen molar-refractivity contribution >= 4 is 8.32 Å². The summed E-state index contributed by atoms with van der Waals surface area (Å²) in [5, 5.41) is 0.181. The minimum absolute atomic E-state index is 0.0153. The molecule has 2 rings (SSSR count). The van der Waals surface area contributed by atoms with Crippen molar-refractivity contribution in [3.63, 3.8) is 0 Å². The van der Waals surface area contributed by atoms with Gasteiger partial charge in [-0.3, -0.25) is 0 Å². The van der Waals surface area contributed by atoms with E-state index in [1.54, 1.807) is 12.1 Å². The van der Waals surface area contributed by atoms with Gasteiger partial charge in [-0.2, -0.15) is 0 Å². The van der Waals surface area contributed by atoms with Crippen LogP contribution in [0.2, 0.25) is 18.1 Å². The third kappa shape index (κ3) is 4.92. The maximum atomic E-state index is 13.0. The van der Waals surface area contributed by atoms with Gasteiger partial charge < -0.3 is 9.16 Å². The third-order valence-corrected chi connectivity index (χ3v) is 9.54. The molecule has 0 aliphatic carbocycles. The molecule has 0 aromatic heterocycles. The Kier molecular flexibility index (Phi) is 5.90. The third-order valence-electron chi connectivity index (χ3n) is 4.99. The number of halogens is 1. The average molecular weight is 349 g/mol. The van der Waals surface area contributed by atoms with Crippen molar-refractivity contribution in [2.24, 2.45) is 0 Å². The molecule has 1 aliphatic heterocycles. The molecule has 0 N–H and O–H groups in total. The van der Waals surface area contributed by atoms with Crippen LogP contribution >= 0.6 is 0 Å². The van der Waals surface area contributed by atoms with Crippen molar-refractivity contribution < 1.29 is 13.6 Å². The van der Waals surface area contributed by atoms with Gasteiger partial charge in [0.15, 0.2) is 8.32 Å². The van der Waals surface area contributed by atoms with E-state index in [2.05, 4.69) is 45.7 Å². The van der Waals surface area contributed by atoms with Crippen LogP contribution in [0.15, 0.2) is 24.3 Å². The van der Waals surface area contributed by atoms with Gasteiger partial charge in [-0.15, -0.1) is 0 Å². The second-order valence-corrected chi connectivity index (χ2v) is 12.8. The Labute approximate surface area is 146 Å². The molecular formula is C20H29FO2Si. The minimum atomic E-state index is -1.80. The fourth-order valence-corrected chi connectivity index (χ4v) is 3.82. The zero-order valence-corrected chi connectivity index (χ0v) is 16.7. The molecule has 0 saturated carbocycles. The molecule has 0 amide bonds. The summed E-state index contributed by atoms with van der Waals surface area (Å²) < 4.78 is 25.3. The van der Waals surface area contributed by atoms with Crippen LogP contribution < -0.4 is 0 Å². The first kappa shape index (κ1) is 19.2. The van der Waals surface area contributed by atoms with E-state index in [-0.39, 0.29) is 29.2 Å². The van der Waals surface area contributed by atoms with E-state index in [1.165, 1.54) is 12.1 Å². The van der Waals surface area contributed by atoms with Crippen molar-refractivity contribution in [2.45, 2.75) is 77.0 Å². The van der Waals surface area contributed by atoms with Crippen LogP contribution in [-0.4, -0.2) is 20.5 Å². The fraction of sp³-hybridized carbons (Fsp3) is 0.600. The SMILES string of the molecule is CC(C#C[C@@H]1CC[C@@H](c2ccc(F)cc2)O1)O[Si](C)(C)C(C)(C)C. The minimum Gasteiger partial charge on any atom is -0.404 e. The molecular weight excluding hydrogens is 319 g/mol. The van der Waals surface area contributed by atoms with Gasteiger partial charge in [0.1, 0.15) is 18.0 Å². The van der Waals surface area contributed by atoms with Crippen molar-refractivity contribution in [1.82, 2.24) is 0 Å². The summed E-state index contributed by atoms with van der Waals surface area (Å²) in [6, 6.07) is 6.54. The molecule has 1 aliphatic rings. The summed E-state index contributed by atoms with van der Waals surface area (Å²) in [5.74, 6) is 6.21. The highest BCUT2D eigenvalue weighted by atomic mass is 28.4. The highest BCUT2D eigenvalue weighted by Crippen LogP contribution is 2.37. The van der Waals surface area contributed by atoms with E-state index in [1.807, 2.05) is 6.92 Å². The van der Waals surface area contributed by atoms with E-state index in [0.29, 0.717) is 0 Å². The Morgan fingerprint density at radius 3 is 2.42 bits per heavy atom. The smallest absolute Gasteiger partial charge is 0.193 e. The van der Waals surface area contributed by atoms with Crippen molar-refractivity contribution in [2.75, 3.05) is 0 Å². The maximum absolute atomic E-state index is 13.0. The first-order valence-electron chi connectivity index (χ1n) is 8.68. The van der Waals surface area contributed by atoms with Gasteiger partial charge >= 0.3 is 0 Å². The van der Waals surface area contributed by atoms with Gasteiger partial charge in [0.05, 0.1) is 6.10 Å². The molecule has 3 atom stereocenters. The lowest BCUT2D eigenvalue weighted by molar-refractivity contribution is 0.0758. The molecule has 4 heteroatoms. The topological polar surface area (TPSA) is 18.5 Å². The largest absolute Gasteiger partial charge is 0.404 e. The molecule has 24 heavy (non-hydrogen) atoms. The van der Waals surface area contributed by atoms with E-state index in [0.717, 1.165) is 18.4 Å². The van der Waals surface area contributed by atoms with Crippen LogP contribution in [-0.2, 0) is 9.16 Å². The number of rotatable bonds is 3. The van der Waals surface area contributed by atoms with E-state index >= 15 is 0 Å². The molecule has 0 radical (unpaired) electrons. The molecule has 2 nitrogen and oxygen atoms in total. The predicted octanol–water partition coefficient (Wildman–Crippen LogP) is 5.46. The van der Waals surface area contributed by atoms with E-state index in [9.17, 15) is 4.39 Å². The standard InChI is InChI=1S/C20H29FO2Si/c1-15(23-24(5,6)20(2,3)4)7-12-18-13-14-19(22-18)16-8-10-17(21)11-9-16/h8-11,15,18-19H,13-14H2,1-6H3/t15?,18-,19+/m1/s1. The average Bonchev–Trinajstić information content (AvgIpc) is 2.93. The fourth-order valence-electron chi connectivity index (χ4n) is 2.52. The van der Waals surface area contributed by atoms with Crippen molar-refractivity contribution in [3.05, 3.63) is 35.6 Å². The molecule has 132 valence electrons. The Morgan fingerprint density at radius 2 is 1.83 bits per heavy atom. The van der Waals surface area contributed by atoms with E-state index < -0.39 is 8.32 Å². The molecule has 1 heterocycles. The Morgan fingerprint density at radius 1 is 1.21 bits per heavy atom. The highest BCUT2D eigenvalue weighted by Gasteiger charge is 2.38. The number of ether oxygens (including phenoxy) is 1. The molecule has 1 fully saturated rings. The monoisotopic (exact) mass is 348 g/mol. The lowest BCUT2D eigenvalue weighted by atomic mass is 10.1. The second kappa shape index (κ2) is 7.39. The van der Waals surface area contributed by atoms with Crippen LogP contribution in [0.5, 0.6) is 0 Å². The summed E-state index contributed by atoms with van der Waals surface area (Å²) in [7, 11) is -1.80. The quantitative estimate of drug-likeness (QED) is 0.533. The molecule has 1 aromatic carbocycles. The summed E-state index contributed by atoms with van der Waals surface area (Å²) in [5.41, 5.74) is 1.02. The van der Waals surface area contributed by atoms with Gasteiger partial charge in [-0.25, -0.2) is 4.39 Å². The summed E-state index contributed by atoms with van der Waals surface area (Å²) >= 11 is 0. The number of hydrogen-bond donors (Lipinski definition) is 0. The van der Waals surface area contributed by atoms with Crippen LogP contribution in [0, 0.1) is 17.7 Å². The summed E-state index contributed by atoms with van der Waals surface area (Å²) in [6.07, 6.45) is 1.69. The highest BCUT2D eigenvalue weighted by molar-refractivity contribution is 6.74. The van der Waals surface area contributed by atoms with Crippen LogP contribution in [0.1, 0.15) is 52.2 Å². The molecule has 1 saturated heterocycles. The van der Waals surface area contributed by atoms with E-state index in [4.69, 9.17) is 9.16 Å². The molecule has 1 aromatic rings. The summed E-state index contributed by atoms with van der Waals surface area (Å²) in [4.78, 5) is 0. The van der Waals surface area contributed by atoms with Crippen molar-refractivity contribution in [3.8, 4) is 11.8 Å². The van der Waals surface area contributed by atoms with Crippen LogP contribution in [0.4, 0.5) is 4.39 Å². The van der Waals surface area contributed by atoms with Gasteiger partial charge in [-0.1, -0.05) is 44.7 Å². The number of hydrogen-bond acceptors (Lipinski definition) is 2. The molecule has 0 spiro atoms. The Hall–Kier alpha value is -1.15. The molecule has 1 unspecified atom stereocenters. The summed E-state index contributed by atoms with van der Waals surface area (Å²) in [6.45, 7) is 13.2. The number of benzene rings is 1. The second-order valence-electron chi connectivity index (χ2n) is 8.05. The van der Waals surface area contributed by atoms with Gasteiger partial charge in [0.25, 0.3) is 0 Å². The van der Waals surface area contributed by atoms with Crippen molar-refractivity contribution in [1.29, 1.82) is 0 Å². The maximum Gasteiger partial charge on any atom is 0.193 e. The Balaban J connectivity index is 1.91. The first-order chi connectivity index (χ1) is 11.1. The lowest BCUT2D eigenvalue weighted by Crippen LogP contribution is -2.43. The lowest BCUT2D eigenvalue weighted by Gasteiger charge is -2.37. The zero-order valence-electron chi connectivity index (χ0n) is 15.7. The predicted molar refractivity (Wildman–Crippen MR) is 98.8 cm³/mol. The van der Waals surface area contributed by atoms with Crippen LogP contribution in [0.25, 0.3) is 0 Å². The van der Waals surface area contributed by atoms with Gasteiger partial charge in [0, 0.05) is 0 Å². The first-order valence-corrected chi connectivity index (χ1v) is 11.6. The van der Waals surface area contributed by atoms with Crippen LogP contribution in [0.3, 0.4) is 0 Å². The zero-order chi connectivity index (χ0) is 18.0. The van der Waals surface area contributed by atoms with Gasteiger partial charge in [0.2, 0.25) is 0 Å². The molecule has 0 bridgehead atoms. The van der Waals surface area contributed by atoms with Gasteiger partial charge in [-0.05, 0) is 55.6 Å².